The summed E-state index contributed by atoms with van der Waals surface area (Å²) >= 11 is 0. The fourth-order valence-corrected chi connectivity index (χ4v) is 3.35. The first-order chi connectivity index (χ1) is 13.1. The first-order valence-corrected chi connectivity index (χ1v) is 9.77. The van der Waals surface area contributed by atoms with Crippen LogP contribution in [-0.2, 0) is 16.2 Å². The molecule has 3 N–H and O–H groups in total. The van der Waals surface area contributed by atoms with Gasteiger partial charge in [0.15, 0.2) is 0 Å². The topological polar surface area (TPSA) is 95.5 Å². The van der Waals surface area contributed by atoms with E-state index in [0.717, 1.165) is 12.1 Å². The van der Waals surface area contributed by atoms with E-state index in [1.165, 1.54) is 30.3 Å². The van der Waals surface area contributed by atoms with Crippen LogP contribution >= 0.6 is 0 Å². The number of benzene rings is 2. The normalized spacial score (nSPS) is 13.0. The standard InChI is InChI=1S/C18H19F3N2O4S/c1-2-14(11-24)22-17(25)12-6-8-16(9-7-12)28(26,27)23-15-5-3-4-13(10-15)18(19,20)21/h3-10,14,23-24H,2,11H2,1H3,(H,22,25). The number of alkyl halides is 3. The summed E-state index contributed by atoms with van der Waals surface area (Å²) in [5, 5.41) is 11.7. The van der Waals surface area contributed by atoms with Crippen molar-refractivity contribution in [1.29, 1.82) is 0 Å². The van der Waals surface area contributed by atoms with Crippen LogP contribution in [0.25, 0.3) is 0 Å². The molecule has 2 aromatic rings. The highest BCUT2D eigenvalue weighted by Gasteiger charge is 2.30. The van der Waals surface area contributed by atoms with Crippen molar-refractivity contribution in [2.75, 3.05) is 11.3 Å². The van der Waals surface area contributed by atoms with E-state index in [9.17, 15) is 26.4 Å². The zero-order valence-electron chi connectivity index (χ0n) is 14.8. The molecule has 0 saturated heterocycles. The zero-order valence-corrected chi connectivity index (χ0v) is 15.6. The van der Waals surface area contributed by atoms with Crippen LogP contribution in [0.5, 0.6) is 0 Å². The Morgan fingerprint density at radius 1 is 1.14 bits per heavy atom. The van der Waals surface area contributed by atoms with Crippen LogP contribution in [0.4, 0.5) is 18.9 Å². The van der Waals surface area contributed by atoms with E-state index in [2.05, 4.69) is 10.0 Å². The third-order valence-corrected chi connectivity index (χ3v) is 5.31. The number of carbonyl (C=O) groups is 1. The van der Waals surface area contributed by atoms with E-state index in [-0.39, 0.29) is 22.8 Å². The molecule has 0 heterocycles. The Hall–Kier alpha value is -2.59. The molecule has 6 nitrogen and oxygen atoms in total. The summed E-state index contributed by atoms with van der Waals surface area (Å²) in [5.74, 6) is -0.476. The molecule has 1 atom stereocenters. The molecule has 2 rings (SSSR count). The van der Waals surface area contributed by atoms with Crippen LogP contribution in [0, 0.1) is 0 Å². The van der Waals surface area contributed by atoms with Crippen molar-refractivity contribution in [3.8, 4) is 0 Å². The molecular weight excluding hydrogens is 397 g/mol. The molecule has 28 heavy (non-hydrogen) atoms. The Kier molecular flexibility index (Phi) is 6.68. The van der Waals surface area contributed by atoms with Crippen LogP contribution in [0.2, 0.25) is 0 Å². The second-order valence-corrected chi connectivity index (χ2v) is 7.65. The summed E-state index contributed by atoms with van der Waals surface area (Å²) in [6.07, 6.45) is -4.07. The number of aliphatic hydroxyl groups excluding tert-OH is 1. The van der Waals surface area contributed by atoms with Gasteiger partial charge in [-0.15, -0.1) is 0 Å². The number of carbonyl (C=O) groups excluding carboxylic acids is 1. The highest BCUT2D eigenvalue weighted by molar-refractivity contribution is 7.92. The minimum Gasteiger partial charge on any atom is -0.394 e. The fraction of sp³-hybridized carbons (Fsp3) is 0.278. The largest absolute Gasteiger partial charge is 0.416 e. The van der Waals surface area contributed by atoms with Crippen molar-refractivity contribution in [3.63, 3.8) is 0 Å². The minimum atomic E-state index is -4.60. The number of rotatable bonds is 7. The number of sulfonamides is 1. The highest BCUT2D eigenvalue weighted by Crippen LogP contribution is 2.31. The van der Waals surface area contributed by atoms with Crippen LogP contribution in [0.3, 0.4) is 0 Å². The molecule has 2 aromatic carbocycles. The van der Waals surface area contributed by atoms with Gasteiger partial charge in [0.1, 0.15) is 0 Å². The molecule has 1 unspecified atom stereocenters. The van der Waals surface area contributed by atoms with Crippen LogP contribution < -0.4 is 10.0 Å². The number of amides is 1. The monoisotopic (exact) mass is 416 g/mol. The molecule has 0 aromatic heterocycles. The second kappa shape index (κ2) is 8.61. The zero-order chi connectivity index (χ0) is 20.9. The van der Waals surface area contributed by atoms with Crippen molar-refractivity contribution in [3.05, 3.63) is 59.7 Å². The van der Waals surface area contributed by atoms with Gasteiger partial charge in [-0.2, -0.15) is 13.2 Å². The first-order valence-electron chi connectivity index (χ1n) is 8.28. The fourth-order valence-electron chi connectivity index (χ4n) is 2.30. The number of nitrogens with one attached hydrogen (secondary N) is 2. The van der Waals surface area contributed by atoms with Crippen LogP contribution in [-0.4, -0.2) is 32.1 Å². The number of hydrogen-bond donors (Lipinski definition) is 3. The van der Waals surface area contributed by atoms with Crippen LogP contribution in [0.15, 0.2) is 53.4 Å². The van der Waals surface area contributed by atoms with Gasteiger partial charge in [0.05, 0.1) is 23.1 Å². The predicted octanol–water partition coefficient (Wildman–Crippen LogP) is 3.01. The molecule has 0 aliphatic heterocycles. The van der Waals surface area contributed by atoms with Gasteiger partial charge in [-0.3, -0.25) is 9.52 Å². The van der Waals surface area contributed by atoms with Crippen molar-refractivity contribution in [1.82, 2.24) is 5.32 Å². The summed E-state index contributed by atoms with van der Waals surface area (Å²) in [6, 6.07) is 8.31. The van der Waals surface area contributed by atoms with E-state index in [1.54, 1.807) is 6.92 Å². The number of hydrogen-bond acceptors (Lipinski definition) is 4. The lowest BCUT2D eigenvalue weighted by atomic mass is 10.2. The van der Waals surface area contributed by atoms with Crippen molar-refractivity contribution in [2.45, 2.75) is 30.5 Å². The minimum absolute atomic E-state index is 0.185. The molecule has 0 fully saturated rings. The van der Waals surface area contributed by atoms with E-state index in [0.29, 0.717) is 12.5 Å². The van der Waals surface area contributed by atoms with E-state index < -0.39 is 33.7 Å². The maximum absolute atomic E-state index is 12.8. The van der Waals surface area contributed by atoms with Gasteiger partial charge >= 0.3 is 6.18 Å². The Bertz CT molecular complexity index is 925. The third kappa shape index (κ3) is 5.46. The molecule has 0 bridgehead atoms. The molecule has 0 aliphatic carbocycles. The lowest BCUT2D eigenvalue weighted by Gasteiger charge is -2.14. The molecule has 10 heteroatoms. The highest BCUT2D eigenvalue weighted by atomic mass is 32.2. The van der Waals surface area contributed by atoms with E-state index >= 15 is 0 Å². The number of aliphatic hydroxyl groups is 1. The molecule has 0 saturated carbocycles. The maximum Gasteiger partial charge on any atom is 0.416 e. The molecule has 152 valence electrons. The molecule has 0 radical (unpaired) electrons. The van der Waals surface area contributed by atoms with Gasteiger partial charge in [0, 0.05) is 11.3 Å². The van der Waals surface area contributed by atoms with E-state index in [1.807, 2.05) is 0 Å². The molecular formula is C18H19F3N2O4S. The molecule has 0 aliphatic rings. The van der Waals surface area contributed by atoms with Crippen molar-refractivity contribution in [2.24, 2.45) is 0 Å². The SMILES string of the molecule is CCC(CO)NC(=O)c1ccc(S(=O)(=O)Nc2cccc(C(F)(F)F)c2)cc1. The third-order valence-electron chi connectivity index (χ3n) is 3.92. The van der Waals surface area contributed by atoms with Crippen molar-refractivity contribution >= 4 is 21.6 Å². The molecule has 0 spiro atoms. The molecule has 1 amide bonds. The quantitative estimate of drug-likeness (QED) is 0.647. The lowest BCUT2D eigenvalue weighted by Crippen LogP contribution is -2.36. The Labute approximate surface area is 160 Å². The number of halogens is 3. The average molecular weight is 416 g/mol. The smallest absolute Gasteiger partial charge is 0.394 e. The summed E-state index contributed by atoms with van der Waals surface area (Å²) in [6.45, 7) is 1.56. The summed E-state index contributed by atoms with van der Waals surface area (Å²) in [4.78, 5) is 11.9. The summed E-state index contributed by atoms with van der Waals surface area (Å²) in [7, 11) is -4.14. The Morgan fingerprint density at radius 3 is 2.32 bits per heavy atom. The van der Waals surface area contributed by atoms with Gasteiger partial charge in [-0.1, -0.05) is 13.0 Å². The van der Waals surface area contributed by atoms with Crippen molar-refractivity contribution < 1.29 is 31.5 Å². The lowest BCUT2D eigenvalue weighted by molar-refractivity contribution is -0.137. The maximum atomic E-state index is 12.8. The van der Waals surface area contributed by atoms with Gasteiger partial charge in [0.2, 0.25) is 0 Å². The Balaban J connectivity index is 2.17. The average Bonchev–Trinajstić information content (AvgIpc) is 2.65. The summed E-state index contributed by atoms with van der Waals surface area (Å²) in [5.41, 5.74) is -1.02. The number of anilines is 1. The predicted molar refractivity (Wildman–Crippen MR) is 97.3 cm³/mol. The van der Waals surface area contributed by atoms with E-state index in [4.69, 9.17) is 5.11 Å². The van der Waals surface area contributed by atoms with Gasteiger partial charge in [-0.25, -0.2) is 8.42 Å². The Morgan fingerprint density at radius 2 is 1.79 bits per heavy atom. The summed E-state index contributed by atoms with van der Waals surface area (Å²) < 4.78 is 65.1. The van der Waals surface area contributed by atoms with Gasteiger partial charge < -0.3 is 10.4 Å². The second-order valence-electron chi connectivity index (χ2n) is 5.97. The van der Waals surface area contributed by atoms with Gasteiger partial charge in [0.25, 0.3) is 15.9 Å². The first kappa shape index (κ1) is 21.7. The van der Waals surface area contributed by atoms with Crippen LogP contribution in [0.1, 0.15) is 29.3 Å². The van der Waals surface area contributed by atoms with Gasteiger partial charge in [-0.05, 0) is 48.9 Å².